The Morgan fingerprint density at radius 1 is 1.48 bits per heavy atom. The quantitative estimate of drug-likeness (QED) is 0.566. The standard InChI is InChI=1S/C14H19N3O3S/c1-14(2,3)16-6-9-4-10(7-15-5-9)12(18)17-11(8-21)13(19)20/h4-7,11,21H,8H2,1-3H3,(H,17,18)(H,19,20)/b16-6-. The molecule has 7 heteroatoms. The summed E-state index contributed by atoms with van der Waals surface area (Å²) >= 11 is 3.90. The summed E-state index contributed by atoms with van der Waals surface area (Å²) in [6, 6.07) is 0.572. The predicted molar refractivity (Wildman–Crippen MR) is 84.3 cm³/mol. The van der Waals surface area contributed by atoms with E-state index in [0.29, 0.717) is 5.56 Å². The van der Waals surface area contributed by atoms with Crippen LogP contribution >= 0.6 is 12.6 Å². The van der Waals surface area contributed by atoms with E-state index >= 15 is 0 Å². The van der Waals surface area contributed by atoms with Crippen LogP contribution in [-0.2, 0) is 4.79 Å². The molecule has 2 N–H and O–H groups in total. The zero-order chi connectivity index (χ0) is 16.0. The van der Waals surface area contributed by atoms with Crippen molar-refractivity contribution in [2.45, 2.75) is 32.4 Å². The number of carboxylic acid groups (broad SMARTS) is 1. The number of aromatic nitrogens is 1. The molecule has 114 valence electrons. The first-order valence-corrected chi connectivity index (χ1v) is 7.01. The topological polar surface area (TPSA) is 91.7 Å². The smallest absolute Gasteiger partial charge is 0.327 e. The number of thiol groups is 1. The third kappa shape index (κ3) is 5.95. The van der Waals surface area contributed by atoms with E-state index in [9.17, 15) is 9.59 Å². The van der Waals surface area contributed by atoms with E-state index in [1.54, 1.807) is 18.5 Å². The van der Waals surface area contributed by atoms with Crippen molar-refractivity contribution in [1.29, 1.82) is 0 Å². The highest BCUT2D eigenvalue weighted by molar-refractivity contribution is 7.80. The molecule has 0 aliphatic heterocycles. The number of pyridine rings is 1. The molecule has 1 unspecified atom stereocenters. The minimum atomic E-state index is -1.13. The van der Waals surface area contributed by atoms with Crippen molar-refractivity contribution in [3.05, 3.63) is 29.6 Å². The third-order valence-electron chi connectivity index (χ3n) is 2.41. The van der Waals surface area contributed by atoms with Crippen LogP contribution in [0.5, 0.6) is 0 Å². The first-order valence-electron chi connectivity index (χ1n) is 6.38. The monoisotopic (exact) mass is 309 g/mol. The molecule has 0 saturated carbocycles. The lowest BCUT2D eigenvalue weighted by atomic mass is 10.1. The summed E-state index contributed by atoms with van der Waals surface area (Å²) in [6.07, 6.45) is 4.59. The average Bonchev–Trinajstić information content (AvgIpc) is 2.41. The molecule has 0 bridgehead atoms. The number of hydrogen-bond acceptors (Lipinski definition) is 5. The minimum Gasteiger partial charge on any atom is -0.480 e. The molecule has 0 aliphatic rings. The van der Waals surface area contributed by atoms with Gasteiger partial charge in [-0.3, -0.25) is 14.8 Å². The maximum absolute atomic E-state index is 12.0. The van der Waals surface area contributed by atoms with Crippen molar-refractivity contribution in [3.8, 4) is 0 Å². The predicted octanol–water partition coefficient (Wildman–Crippen LogP) is 1.41. The second kappa shape index (κ2) is 7.21. The summed E-state index contributed by atoms with van der Waals surface area (Å²) in [6.45, 7) is 5.87. The van der Waals surface area contributed by atoms with Crippen LogP contribution in [0.25, 0.3) is 0 Å². The maximum Gasteiger partial charge on any atom is 0.327 e. The normalized spacial score (nSPS) is 13.1. The molecule has 0 radical (unpaired) electrons. The van der Waals surface area contributed by atoms with Gasteiger partial charge in [0.25, 0.3) is 5.91 Å². The van der Waals surface area contributed by atoms with Gasteiger partial charge in [0.1, 0.15) is 6.04 Å². The van der Waals surface area contributed by atoms with Gasteiger partial charge in [-0.25, -0.2) is 4.79 Å². The first-order chi connectivity index (χ1) is 9.73. The Kier molecular flexibility index (Phi) is 5.90. The van der Waals surface area contributed by atoms with Crippen molar-refractivity contribution >= 4 is 30.7 Å². The van der Waals surface area contributed by atoms with E-state index in [1.807, 2.05) is 20.8 Å². The van der Waals surface area contributed by atoms with E-state index in [1.165, 1.54) is 6.20 Å². The summed E-state index contributed by atoms with van der Waals surface area (Å²) in [4.78, 5) is 31.2. The van der Waals surface area contributed by atoms with E-state index in [0.717, 1.165) is 0 Å². The Balaban J connectivity index is 2.87. The molecule has 1 aromatic rings. The summed E-state index contributed by atoms with van der Waals surface area (Å²) in [7, 11) is 0. The molecule has 0 aromatic carbocycles. The van der Waals surface area contributed by atoms with Gasteiger partial charge >= 0.3 is 5.97 Å². The molecule has 1 heterocycles. The Labute approximate surface area is 129 Å². The van der Waals surface area contributed by atoms with Gasteiger partial charge < -0.3 is 10.4 Å². The van der Waals surface area contributed by atoms with Crippen molar-refractivity contribution in [1.82, 2.24) is 10.3 Å². The van der Waals surface area contributed by atoms with Crippen LogP contribution in [0.2, 0.25) is 0 Å². The first kappa shape index (κ1) is 17.2. The number of carboxylic acids is 1. The van der Waals surface area contributed by atoms with Crippen LogP contribution in [0.3, 0.4) is 0 Å². The number of carbonyl (C=O) groups excluding carboxylic acids is 1. The molecule has 1 atom stereocenters. The Morgan fingerprint density at radius 3 is 2.67 bits per heavy atom. The summed E-state index contributed by atoms with van der Waals surface area (Å²) in [5.41, 5.74) is 0.731. The second-order valence-electron chi connectivity index (χ2n) is 5.48. The highest BCUT2D eigenvalue weighted by Crippen LogP contribution is 2.07. The van der Waals surface area contributed by atoms with Crippen molar-refractivity contribution in [2.24, 2.45) is 4.99 Å². The van der Waals surface area contributed by atoms with Crippen LogP contribution < -0.4 is 5.32 Å². The number of aliphatic carboxylic acids is 1. The van der Waals surface area contributed by atoms with Crippen LogP contribution in [0.15, 0.2) is 23.5 Å². The van der Waals surface area contributed by atoms with E-state index in [4.69, 9.17) is 5.11 Å². The molecule has 0 aliphatic carbocycles. The molecule has 21 heavy (non-hydrogen) atoms. The lowest BCUT2D eigenvalue weighted by Gasteiger charge is -2.12. The molecule has 0 fully saturated rings. The molecule has 0 saturated heterocycles. The zero-order valence-electron chi connectivity index (χ0n) is 12.2. The van der Waals surface area contributed by atoms with Crippen LogP contribution in [0, 0.1) is 0 Å². The highest BCUT2D eigenvalue weighted by Gasteiger charge is 2.19. The van der Waals surface area contributed by atoms with Gasteiger partial charge in [0.15, 0.2) is 0 Å². The highest BCUT2D eigenvalue weighted by atomic mass is 32.1. The van der Waals surface area contributed by atoms with Gasteiger partial charge in [-0.05, 0) is 26.8 Å². The number of hydrogen-bond donors (Lipinski definition) is 3. The number of nitrogens with zero attached hydrogens (tertiary/aromatic N) is 2. The van der Waals surface area contributed by atoms with Crippen molar-refractivity contribution in [2.75, 3.05) is 5.75 Å². The molecule has 1 rings (SSSR count). The molecular formula is C14H19N3O3S. The fraction of sp³-hybridized carbons (Fsp3) is 0.429. The van der Waals surface area contributed by atoms with Gasteiger partial charge in [0.05, 0.1) is 11.1 Å². The van der Waals surface area contributed by atoms with Gasteiger partial charge in [0.2, 0.25) is 0 Å². The summed E-state index contributed by atoms with van der Waals surface area (Å²) in [5.74, 6) is -1.62. The number of aliphatic imine (C=N–C) groups is 1. The number of rotatable bonds is 5. The van der Waals surface area contributed by atoms with E-state index in [-0.39, 0.29) is 16.9 Å². The molecule has 6 nitrogen and oxygen atoms in total. The largest absolute Gasteiger partial charge is 0.480 e. The Bertz CT molecular complexity index is 553. The second-order valence-corrected chi connectivity index (χ2v) is 5.85. The Hall–Kier alpha value is -1.89. The minimum absolute atomic E-state index is 0.0136. The average molecular weight is 309 g/mol. The third-order valence-corrected chi connectivity index (χ3v) is 2.77. The van der Waals surface area contributed by atoms with Crippen molar-refractivity contribution in [3.63, 3.8) is 0 Å². The lowest BCUT2D eigenvalue weighted by molar-refractivity contribution is -0.138. The summed E-state index contributed by atoms with van der Waals surface area (Å²) < 4.78 is 0. The zero-order valence-corrected chi connectivity index (χ0v) is 13.1. The van der Waals surface area contributed by atoms with Crippen LogP contribution in [-0.4, -0.2) is 45.5 Å². The van der Waals surface area contributed by atoms with Gasteiger partial charge in [-0.2, -0.15) is 12.6 Å². The van der Waals surface area contributed by atoms with Crippen LogP contribution in [0.4, 0.5) is 0 Å². The van der Waals surface area contributed by atoms with E-state index in [2.05, 4.69) is 27.9 Å². The van der Waals surface area contributed by atoms with E-state index < -0.39 is 17.9 Å². The maximum atomic E-state index is 12.0. The van der Waals surface area contributed by atoms with Crippen LogP contribution in [0.1, 0.15) is 36.7 Å². The van der Waals surface area contributed by atoms with Gasteiger partial charge in [-0.1, -0.05) is 0 Å². The number of carbonyl (C=O) groups is 2. The summed E-state index contributed by atoms with van der Waals surface area (Å²) in [5, 5.41) is 11.3. The number of nitrogens with one attached hydrogen (secondary N) is 1. The lowest BCUT2D eigenvalue weighted by Crippen LogP contribution is -2.42. The fourth-order valence-electron chi connectivity index (χ4n) is 1.35. The van der Waals surface area contributed by atoms with Crippen molar-refractivity contribution < 1.29 is 14.7 Å². The molecule has 0 spiro atoms. The fourth-order valence-corrected chi connectivity index (χ4v) is 1.60. The van der Waals surface area contributed by atoms with Gasteiger partial charge in [-0.15, -0.1) is 0 Å². The van der Waals surface area contributed by atoms with Gasteiger partial charge in [0, 0.05) is 29.9 Å². The Morgan fingerprint density at radius 2 is 2.14 bits per heavy atom. The molecule has 1 amide bonds. The molecule has 1 aromatic heterocycles. The SMILES string of the molecule is CC(C)(C)/N=C\c1cncc(C(=O)NC(CS)C(=O)O)c1. The number of amides is 1. The molecular weight excluding hydrogens is 290 g/mol.